The number of halogens is 2. The largest absolute Gasteiger partial charge is 0.477 e. The zero-order chi connectivity index (χ0) is 23.4. The molecule has 0 unspecified atom stereocenters. The Balaban J connectivity index is 1.61. The Labute approximate surface area is 191 Å². The molecule has 0 fully saturated rings. The number of carbonyl (C=O) groups is 1. The van der Waals surface area contributed by atoms with Gasteiger partial charge in [0, 0.05) is 16.9 Å². The highest BCUT2D eigenvalue weighted by molar-refractivity contribution is 6.30. The number of anilines is 2. The third-order valence-corrected chi connectivity index (χ3v) is 4.83. The van der Waals surface area contributed by atoms with E-state index < -0.39 is 22.9 Å². The van der Waals surface area contributed by atoms with E-state index in [1.807, 2.05) is 0 Å². The molecule has 0 bridgehead atoms. The number of hydrogen-bond acceptors (Lipinski definition) is 6. The van der Waals surface area contributed by atoms with Crippen LogP contribution in [0.1, 0.15) is 15.9 Å². The number of rotatable bonds is 7. The predicted molar refractivity (Wildman–Crippen MR) is 120 cm³/mol. The first-order chi connectivity index (χ1) is 15.9. The highest BCUT2D eigenvalue weighted by Crippen LogP contribution is 2.24. The van der Waals surface area contributed by atoms with Gasteiger partial charge in [-0.25, -0.2) is 19.2 Å². The maximum absolute atomic E-state index is 13.7. The average molecular weight is 467 g/mol. The molecule has 0 radical (unpaired) electrons. The van der Waals surface area contributed by atoms with Crippen molar-refractivity contribution in [2.24, 2.45) is 0 Å². The third kappa shape index (κ3) is 5.16. The number of carboxylic acid groups (broad SMARTS) is 1. The number of aromatic nitrogens is 3. The third-order valence-electron chi connectivity index (χ3n) is 4.58. The Morgan fingerprint density at radius 1 is 1.09 bits per heavy atom. The SMILES string of the molecule is O=C(O)c1cnc(Nc2ccc(Oc3ncccc3F)cc2)n(Cc2ccc(Cl)cc2)c1=O. The van der Waals surface area contributed by atoms with Crippen LogP contribution in [-0.4, -0.2) is 25.6 Å². The molecule has 0 aliphatic carbocycles. The Morgan fingerprint density at radius 3 is 2.48 bits per heavy atom. The summed E-state index contributed by atoms with van der Waals surface area (Å²) in [6, 6.07) is 16.0. The van der Waals surface area contributed by atoms with E-state index in [0.717, 1.165) is 11.8 Å². The monoisotopic (exact) mass is 466 g/mol. The minimum Gasteiger partial charge on any atom is -0.477 e. The van der Waals surface area contributed by atoms with Crippen molar-refractivity contribution in [1.29, 1.82) is 0 Å². The zero-order valence-electron chi connectivity index (χ0n) is 16.9. The summed E-state index contributed by atoms with van der Waals surface area (Å²) in [5.74, 6) is -1.61. The van der Waals surface area contributed by atoms with Crippen LogP contribution >= 0.6 is 11.6 Å². The summed E-state index contributed by atoms with van der Waals surface area (Å²) >= 11 is 5.92. The topological polar surface area (TPSA) is 106 Å². The normalized spacial score (nSPS) is 10.6. The minimum atomic E-state index is -1.37. The van der Waals surface area contributed by atoms with E-state index in [1.165, 1.54) is 22.9 Å². The summed E-state index contributed by atoms with van der Waals surface area (Å²) in [5, 5.41) is 12.8. The van der Waals surface area contributed by atoms with Gasteiger partial charge in [-0.05, 0) is 54.1 Å². The minimum absolute atomic E-state index is 0.0760. The maximum Gasteiger partial charge on any atom is 0.342 e. The first-order valence-electron chi connectivity index (χ1n) is 9.64. The molecule has 0 spiro atoms. The molecule has 2 heterocycles. The first-order valence-corrected chi connectivity index (χ1v) is 10.0. The van der Waals surface area contributed by atoms with Crippen LogP contribution in [0.2, 0.25) is 5.02 Å². The van der Waals surface area contributed by atoms with E-state index in [2.05, 4.69) is 15.3 Å². The molecule has 4 aromatic rings. The number of hydrogen-bond donors (Lipinski definition) is 2. The van der Waals surface area contributed by atoms with Gasteiger partial charge in [-0.3, -0.25) is 9.36 Å². The van der Waals surface area contributed by atoms with Crippen LogP contribution in [0.5, 0.6) is 11.6 Å². The lowest BCUT2D eigenvalue weighted by Gasteiger charge is -2.15. The second kappa shape index (κ2) is 9.49. The van der Waals surface area contributed by atoms with Gasteiger partial charge in [0.15, 0.2) is 5.82 Å². The fourth-order valence-electron chi connectivity index (χ4n) is 2.95. The predicted octanol–water partition coefficient (Wildman–Crippen LogP) is 4.71. The molecule has 4 rings (SSSR count). The first kappa shape index (κ1) is 22.0. The van der Waals surface area contributed by atoms with Crippen molar-refractivity contribution < 1.29 is 19.0 Å². The highest BCUT2D eigenvalue weighted by atomic mass is 35.5. The number of nitrogens with one attached hydrogen (secondary N) is 1. The van der Waals surface area contributed by atoms with Crippen LogP contribution in [-0.2, 0) is 6.54 Å². The van der Waals surface area contributed by atoms with E-state index in [9.17, 15) is 19.1 Å². The molecule has 2 N–H and O–H groups in total. The molecule has 166 valence electrons. The van der Waals surface area contributed by atoms with Gasteiger partial charge in [-0.2, -0.15) is 0 Å². The van der Waals surface area contributed by atoms with Crippen LogP contribution in [0.25, 0.3) is 0 Å². The Hall–Kier alpha value is -4.24. The summed E-state index contributed by atoms with van der Waals surface area (Å²) in [6.45, 7) is 0.0760. The van der Waals surface area contributed by atoms with Gasteiger partial charge in [0.1, 0.15) is 11.3 Å². The van der Waals surface area contributed by atoms with Crippen LogP contribution in [0.4, 0.5) is 16.0 Å². The van der Waals surface area contributed by atoms with Crippen molar-refractivity contribution in [2.45, 2.75) is 6.54 Å². The number of carboxylic acids is 1. The van der Waals surface area contributed by atoms with Gasteiger partial charge in [-0.15, -0.1) is 0 Å². The lowest BCUT2D eigenvalue weighted by atomic mass is 10.2. The van der Waals surface area contributed by atoms with Gasteiger partial charge in [-0.1, -0.05) is 23.7 Å². The van der Waals surface area contributed by atoms with E-state index in [-0.39, 0.29) is 18.4 Å². The van der Waals surface area contributed by atoms with Gasteiger partial charge in [0.2, 0.25) is 5.95 Å². The van der Waals surface area contributed by atoms with Crippen molar-refractivity contribution in [3.63, 3.8) is 0 Å². The zero-order valence-corrected chi connectivity index (χ0v) is 17.7. The molecule has 0 aliphatic heterocycles. The molecule has 2 aromatic heterocycles. The van der Waals surface area contributed by atoms with Crippen molar-refractivity contribution in [3.8, 4) is 11.6 Å². The number of nitrogens with zero attached hydrogens (tertiary/aromatic N) is 3. The second-order valence-corrected chi connectivity index (χ2v) is 7.30. The molecular formula is C23H16ClFN4O4. The summed E-state index contributed by atoms with van der Waals surface area (Å²) in [4.78, 5) is 32.2. The Bertz CT molecular complexity index is 1360. The molecule has 8 nitrogen and oxygen atoms in total. The molecule has 0 amide bonds. The number of aromatic carboxylic acids is 1. The Morgan fingerprint density at radius 2 is 1.82 bits per heavy atom. The standard InChI is InChI=1S/C23H16ClFN4O4/c24-15-5-3-14(4-6-15)13-29-21(30)18(22(31)32)12-27-23(29)28-16-7-9-17(10-8-16)33-20-19(25)2-1-11-26-20/h1-12H,13H2,(H,27,28)(H,31,32). The Kier molecular flexibility index (Phi) is 6.32. The molecule has 33 heavy (non-hydrogen) atoms. The molecule has 0 aliphatic rings. The maximum atomic E-state index is 13.7. The summed E-state index contributed by atoms with van der Waals surface area (Å²) in [5.41, 5.74) is 0.120. The van der Waals surface area contributed by atoms with Crippen LogP contribution in [0.3, 0.4) is 0 Å². The average Bonchev–Trinajstić information content (AvgIpc) is 2.80. The summed E-state index contributed by atoms with van der Waals surface area (Å²) in [7, 11) is 0. The van der Waals surface area contributed by atoms with Crippen molar-refractivity contribution in [2.75, 3.05) is 5.32 Å². The smallest absolute Gasteiger partial charge is 0.342 e. The number of pyridine rings is 1. The van der Waals surface area contributed by atoms with Gasteiger partial charge in [0.25, 0.3) is 11.4 Å². The fraction of sp³-hybridized carbons (Fsp3) is 0.0435. The van der Waals surface area contributed by atoms with E-state index in [4.69, 9.17) is 16.3 Å². The van der Waals surface area contributed by atoms with E-state index in [0.29, 0.717) is 16.5 Å². The van der Waals surface area contributed by atoms with Crippen molar-refractivity contribution in [1.82, 2.24) is 14.5 Å². The van der Waals surface area contributed by atoms with E-state index in [1.54, 1.807) is 48.5 Å². The summed E-state index contributed by atoms with van der Waals surface area (Å²) < 4.78 is 20.4. The second-order valence-electron chi connectivity index (χ2n) is 6.86. The molecular weight excluding hydrogens is 451 g/mol. The molecule has 0 saturated heterocycles. The van der Waals surface area contributed by atoms with Crippen LogP contribution in [0, 0.1) is 5.82 Å². The summed E-state index contributed by atoms with van der Waals surface area (Å²) in [6.07, 6.45) is 2.42. The van der Waals surface area contributed by atoms with Gasteiger partial charge >= 0.3 is 5.97 Å². The number of benzene rings is 2. The van der Waals surface area contributed by atoms with Gasteiger partial charge in [0.05, 0.1) is 12.7 Å². The molecule has 10 heteroatoms. The van der Waals surface area contributed by atoms with Crippen molar-refractivity contribution in [3.05, 3.63) is 105 Å². The van der Waals surface area contributed by atoms with Gasteiger partial charge < -0.3 is 15.2 Å². The number of ether oxygens (including phenoxy) is 1. The van der Waals surface area contributed by atoms with E-state index >= 15 is 0 Å². The van der Waals surface area contributed by atoms with Crippen molar-refractivity contribution >= 4 is 29.2 Å². The molecule has 0 saturated carbocycles. The molecule has 2 aromatic carbocycles. The van der Waals surface area contributed by atoms with Crippen LogP contribution in [0.15, 0.2) is 77.9 Å². The lowest BCUT2D eigenvalue weighted by molar-refractivity contribution is 0.0693. The quantitative estimate of drug-likeness (QED) is 0.406. The lowest BCUT2D eigenvalue weighted by Crippen LogP contribution is -2.29. The highest BCUT2D eigenvalue weighted by Gasteiger charge is 2.16. The fourth-order valence-corrected chi connectivity index (χ4v) is 3.08. The van der Waals surface area contributed by atoms with Crippen LogP contribution < -0.4 is 15.6 Å². The molecule has 0 atom stereocenters.